The van der Waals surface area contributed by atoms with Crippen LogP contribution in [-0.2, 0) is 23.0 Å². The number of ether oxygens (including phenoxy) is 1. The lowest BCUT2D eigenvalue weighted by atomic mass is 10.3. The smallest absolute Gasteiger partial charge is 0.306 e. The van der Waals surface area contributed by atoms with E-state index in [1.54, 1.807) is 6.92 Å². The van der Waals surface area contributed by atoms with Gasteiger partial charge in [0.2, 0.25) is 0 Å². The third-order valence-corrected chi connectivity index (χ3v) is 2.86. The number of aromatic nitrogens is 2. The topological polar surface area (TPSA) is 70.1 Å². The maximum Gasteiger partial charge on any atom is 0.306 e. The van der Waals surface area contributed by atoms with Crippen molar-refractivity contribution in [3.8, 4) is 0 Å². The molecule has 0 aliphatic carbocycles. The van der Waals surface area contributed by atoms with Crippen molar-refractivity contribution in [1.29, 1.82) is 0 Å². The maximum absolute atomic E-state index is 11.3. The van der Waals surface area contributed by atoms with Gasteiger partial charge in [-0.05, 0) is 25.1 Å². The van der Waals surface area contributed by atoms with Gasteiger partial charge in [-0.25, -0.2) is 4.98 Å². The van der Waals surface area contributed by atoms with Gasteiger partial charge in [0, 0.05) is 19.2 Å². The molecule has 0 unspecified atom stereocenters. The molecule has 0 saturated carbocycles. The quantitative estimate of drug-likeness (QED) is 0.658. The summed E-state index contributed by atoms with van der Waals surface area (Å²) in [6.45, 7) is 2.22. The Morgan fingerprint density at radius 2 is 2.28 bits per heavy atom. The standard InChI is InChI=1S/C13H17N3O2/c1-3-18-13(17)7-6-12-15-10-8-9(14)4-5-11(10)16(12)2/h4-5,8H,3,6-7,14H2,1-2H3. The van der Waals surface area contributed by atoms with E-state index in [1.165, 1.54) is 0 Å². The average molecular weight is 247 g/mol. The van der Waals surface area contributed by atoms with Crippen molar-refractivity contribution in [2.45, 2.75) is 19.8 Å². The van der Waals surface area contributed by atoms with Crippen molar-refractivity contribution in [3.63, 3.8) is 0 Å². The van der Waals surface area contributed by atoms with E-state index in [0.29, 0.717) is 25.1 Å². The third-order valence-electron chi connectivity index (χ3n) is 2.86. The second-order valence-electron chi connectivity index (χ2n) is 4.14. The minimum Gasteiger partial charge on any atom is -0.466 e. The number of nitrogen functional groups attached to an aromatic ring is 1. The van der Waals surface area contributed by atoms with Crippen LogP contribution < -0.4 is 5.73 Å². The number of carbonyl (C=O) groups is 1. The second kappa shape index (κ2) is 5.08. The van der Waals surface area contributed by atoms with Crippen molar-refractivity contribution in [2.24, 2.45) is 7.05 Å². The number of hydrogen-bond donors (Lipinski definition) is 1. The average Bonchev–Trinajstić information content (AvgIpc) is 2.63. The monoisotopic (exact) mass is 247 g/mol. The zero-order valence-electron chi connectivity index (χ0n) is 10.6. The van der Waals surface area contributed by atoms with Gasteiger partial charge in [0.1, 0.15) is 5.82 Å². The number of nitrogens with zero attached hydrogens (tertiary/aromatic N) is 2. The van der Waals surface area contributed by atoms with Crippen molar-refractivity contribution in [1.82, 2.24) is 9.55 Å². The van der Waals surface area contributed by atoms with Crippen LogP contribution in [-0.4, -0.2) is 22.1 Å². The van der Waals surface area contributed by atoms with Crippen LogP contribution in [0.25, 0.3) is 11.0 Å². The lowest BCUT2D eigenvalue weighted by molar-refractivity contribution is -0.143. The summed E-state index contributed by atoms with van der Waals surface area (Å²) in [5.74, 6) is 0.674. The molecule has 5 heteroatoms. The molecule has 0 aliphatic heterocycles. The molecule has 0 bridgehead atoms. The fourth-order valence-corrected chi connectivity index (χ4v) is 1.94. The highest BCUT2D eigenvalue weighted by molar-refractivity contribution is 5.79. The first-order valence-electron chi connectivity index (χ1n) is 5.98. The number of aryl methyl sites for hydroxylation is 2. The number of esters is 1. The zero-order chi connectivity index (χ0) is 13.1. The van der Waals surface area contributed by atoms with Crippen molar-refractivity contribution in [3.05, 3.63) is 24.0 Å². The zero-order valence-corrected chi connectivity index (χ0v) is 10.6. The molecule has 0 aliphatic rings. The van der Waals surface area contributed by atoms with Crippen LogP contribution in [0.4, 0.5) is 5.69 Å². The van der Waals surface area contributed by atoms with Crippen LogP contribution in [0.1, 0.15) is 19.2 Å². The molecule has 1 heterocycles. The van der Waals surface area contributed by atoms with Gasteiger partial charge in [-0.15, -0.1) is 0 Å². The summed E-state index contributed by atoms with van der Waals surface area (Å²) in [5, 5.41) is 0. The summed E-state index contributed by atoms with van der Waals surface area (Å²) in [7, 11) is 1.94. The van der Waals surface area contributed by atoms with Crippen LogP contribution in [0.2, 0.25) is 0 Å². The van der Waals surface area contributed by atoms with Gasteiger partial charge < -0.3 is 15.0 Å². The van der Waals surface area contributed by atoms with E-state index in [1.807, 2.05) is 29.8 Å². The van der Waals surface area contributed by atoms with Crippen molar-refractivity contribution < 1.29 is 9.53 Å². The highest BCUT2D eigenvalue weighted by atomic mass is 16.5. The second-order valence-corrected chi connectivity index (χ2v) is 4.14. The van der Waals surface area contributed by atoms with Crippen molar-refractivity contribution in [2.75, 3.05) is 12.3 Å². The minimum atomic E-state index is -0.191. The Morgan fingerprint density at radius 1 is 1.50 bits per heavy atom. The summed E-state index contributed by atoms with van der Waals surface area (Å²) in [6, 6.07) is 5.62. The van der Waals surface area contributed by atoms with Gasteiger partial charge >= 0.3 is 5.97 Å². The Labute approximate surface area is 106 Å². The number of benzene rings is 1. The Morgan fingerprint density at radius 3 is 3.00 bits per heavy atom. The van der Waals surface area contributed by atoms with E-state index in [2.05, 4.69) is 4.98 Å². The molecule has 18 heavy (non-hydrogen) atoms. The van der Waals surface area contributed by atoms with Crippen LogP contribution in [0.3, 0.4) is 0 Å². The van der Waals surface area contributed by atoms with Crippen LogP contribution in [0.5, 0.6) is 0 Å². The summed E-state index contributed by atoms with van der Waals surface area (Å²) in [6.07, 6.45) is 0.921. The predicted molar refractivity (Wildman–Crippen MR) is 70.1 cm³/mol. The molecule has 1 aromatic heterocycles. The maximum atomic E-state index is 11.3. The molecule has 0 atom stereocenters. The molecule has 2 rings (SSSR count). The summed E-state index contributed by atoms with van der Waals surface area (Å²) >= 11 is 0. The molecule has 0 amide bonds. The predicted octanol–water partition coefficient (Wildman–Crippen LogP) is 1.65. The first-order chi connectivity index (χ1) is 8.61. The number of rotatable bonds is 4. The molecule has 0 fully saturated rings. The van der Waals surface area contributed by atoms with Crippen LogP contribution >= 0.6 is 0 Å². The molecule has 96 valence electrons. The third kappa shape index (κ3) is 2.45. The van der Waals surface area contributed by atoms with Gasteiger partial charge in [0.15, 0.2) is 0 Å². The number of nitrogens with two attached hydrogens (primary N) is 1. The van der Waals surface area contributed by atoms with Gasteiger partial charge in [-0.1, -0.05) is 0 Å². The van der Waals surface area contributed by atoms with E-state index >= 15 is 0 Å². The fraction of sp³-hybridized carbons (Fsp3) is 0.385. The first kappa shape index (κ1) is 12.4. The lowest BCUT2D eigenvalue weighted by Gasteiger charge is -2.02. The number of fused-ring (bicyclic) bond motifs is 1. The molecular weight excluding hydrogens is 230 g/mol. The molecule has 0 saturated heterocycles. The van der Waals surface area contributed by atoms with Gasteiger partial charge in [0.25, 0.3) is 0 Å². The fourth-order valence-electron chi connectivity index (χ4n) is 1.94. The molecule has 2 N–H and O–H groups in total. The van der Waals surface area contributed by atoms with E-state index in [4.69, 9.17) is 10.5 Å². The molecular formula is C13H17N3O2. The van der Waals surface area contributed by atoms with Gasteiger partial charge in [-0.3, -0.25) is 4.79 Å². The van der Waals surface area contributed by atoms with E-state index in [9.17, 15) is 4.79 Å². The SMILES string of the molecule is CCOC(=O)CCc1nc2cc(N)ccc2n1C. The molecule has 1 aromatic carbocycles. The molecule has 0 spiro atoms. The Kier molecular flexibility index (Phi) is 3.50. The summed E-state index contributed by atoms with van der Waals surface area (Å²) in [4.78, 5) is 15.8. The molecule has 5 nitrogen and oxygen atoms in total. The van der Waals surface area contributed by atoms with Crippen LogP contribution in [0, 0.1) is 0 Å². The number of carbonyl (C=O) groups excluding carboxylic acids is 1. The molecule has 2 aromatic rings. The minimum absolute atomic E-state index is 0.191. The number of imidazole rings is 1. The van der Waals surface area contributed by atoms with E-state index in [-0.39, 0.29) is 5.97 Å². The number of anilines is 1. The Hall–Kier alpha value is -2.04. The van der Waals surface area contributed by atoms with Gasteiger partial charge in [-0.2, -0.15) is 0 Å². The summed E-state index contributed by atoms with van der Waals surface area (Å²) in [5.41, 5.74) is 8.29. The highest BCUT2D eigenvalue weighted by Crippen LogP contribution is 2.18. The van der Waals surface area contributed by atoms with Crippen molar-refractivity contribution >= 4 is 22.7 Å². The normalized spacial score (nSPS) is 10.8. The Balaban J connectivity index is 2.18. The van der Waals surface area contributed by atoms with E-state index < -0.39 is 0 Å². The van der Waals surface area contributed by atoms with Gasteiger partial charge in [0.05, 0.1) is 24.1 Å². The number of hydrogen-bond acceptors (Lipinski definition) is 4. The molecule has 0 radical (unpaired) electrons. The summed E-state index contributed by atoms with van der Waals surface area (Å²) < 4.78 is 6.88. The Bertz CT molecular complexity index is 575. The van der Waals surface area contributed by atoms with Crippen LogP contribution in [0.15, 0.2) is 18.2 Å². The van der Waals surface area contributed by atoms with E-state index in [0.717, 1.165) is 16.9 Å². The first-order valence-corrected chi connectivity index (χ1v) is 5.98. The highest BCUT2D eigenvalue weighted by Gasteiger charge is 2.10. The lowest BCUT2D eigenvalue weighted by Crippen LogP contribution is -2.07. The largest absolute Gasteiger partial charge is 0.466 e.